The lowest BCUT2D eigenvalue weighted by molar-refractivity contribution is -0.138. The normalized spacial score (nSPS) is 24.9. The maximum Gasteiger partial charge on any atom is 0.293 e. The monoisotopic (exact) mass is 301 g/mol. The first-order valence-electron chi connectivity index (χ1n) is 7.78. The Bertz CT molecular complexity index is 288. The van der Waals surface area contributed by atoms with Crippen LogP contribution in [0, 0.1) is 0 Å². The molecule has 0 aromatic carbocycles. The van der Waals surface area contributed by atoms with Gasteiger partial charge in [-0.15, -0.1) is 0 Å². The minimum atomic E-state index is -0.318. The summed E-state index contributed by atoms with van der Waals surface area (Å²) in [6.07, 6.45) is 0. The highest BCUT2D eigenvalue weighted by molar-refractivity contribution is 5.37. The highest BCUT2D eigenvalue weighted by Gasteiger charge is 2.21. The third-order valence-corrected chi connectivity index (χ3v) is 3.50. The molecular formula is C15H31N3O3. The minimum absolute atomic E-state index is 0.318. The van der Waals surface area contributed by atoms with Crippen LogP contribution in [-0.2, 0) is 14.3 Å². The lowest BCUT2D eigenvalue weighted by Gasteiger charge is -2.38. The van der Waals surface area contributed by atoms with Gasteiger partial charge in [0.05, 0.1) is 19.9 Å². The van der Waals surface area contributed by atoms with Crippen LogP contribution < -0.4 is 5.32 Å². The van der Waals surface area contributed by atoms with Crippen LogP contribution in [0.15, 0.2) is 0 Å². The number of rotatable bonds is 3. The van der Waals surface area contributed by atoms with Gasteiger partial charge in [-0.25, -0.2) is 0 Å². The Labute approximate surface area is 128 Å². The Morgan fingerprint density at radius 2 is 1.95 bits per heavy atom. The molecule has 2 aliphatic heterocycles. The molecule has 2 heterocycles. The first-order chi connectivity index (χ1) is 9.92. The maximum absolute atomic E-state index is 9.60. The molecule has 2 aliphatic rings. The number of carbonyl (C=O) groups is 1. The Morgan fingerprint density at radius 1 is 1.29 bits per heavy atom. The second kappa shape index (κ2) is 9.35. The molecule has 2 rings (SSSR count). The van der Waals surface area contributed by atoms with Crippen LogP contribution in [0.25, 0.3) is 0 Å². The van der Waals surface area contributed by atoms with Crippen LogP contribution in [-0.4, -0.2) is 80.5 Å². The van der Waals surface area contributed by atoms with Gasteiger partial charge in [0, 0.05) is 38.8 Å². The van der Waals surface area contributed by atoms with Crippen molar-refractivity contribution in [1.29, 1.82) is 0 Å². The van der Waals surface area contributed by atoms with Gasteiger partial charge in [-0.3, -0.25) is 14.6 Å². The van der Waals surface area contributed by atoms with E-state index in [9.17, 15) is 4.79 Å². The molecule has 1 atom stereocenters. The Kier molecular flexibility index (Phi) is 8.18. The number of nitrogens with zero attached hydrogens (tertiary/aromatic N) is 2. The topological polar surface area (TPSA) is 54.0 Å². The lowest BCUT2D eigenvalue weighted by Crippen LogP contribution is -2.53. The van der Waals surface area contributed by atoms with E-state index in [0.29, 0.717) is 12.5 Å². The molecule has 1 N–H and O–H groups in total. The van der Waals surface area contributed by atoms with Gasteiger partial charge in [0.15, 0.2) is 0 Å². The lowest BCUT2D eigenvalue weighted by atomic mass is 10.2. The fourth-order valence-corrected chi connectivity index (χ4v) is 2.23. The summed E-state index contributed by atoms with van der Waals surface area (Å²) in [4.78, 5) is 14.6. The summed E-state index contributed by atoms with van der Waals surface area (Å²) in [5, 5.41) is 3.38. The third-order valence-electron chi connectivity index (χ3n) is 3.50. The molecule has 0 amide bonds. The van der Waals surface area contributed by atoms with Gasteiger partial charge in [0.2, 0.25) is 0 Å². The fraction of sp³-hybridized carbons (Fsp3) is 0.933. The van der Waals surface area contributed by atoms with Crippen LogP contribution in [0.4, 0.5) is 0 Å². The quantitative estimate of drug-likeness (QED) is 0.768. The SMILES string of the molecule is CC(C)(C)OC=O.CC1COCCN1CN1CCNCC1. The van der Waals surface area contributed by atoms with Gasteiger partial charge in [-0.2, -0.15) is 0 Å². The van der Waals surface area contributed by atoms with E-state index in [1.807, 2.05) is 20.8 Å². The number of carbonyl (C=O) groups excluding carboxylic acids is 1. The van der Waals surface area contributed by atoms with Crippen molar-refractivity contribution in [3.8, 4) is 0 Å². The zero-order valence-corrected chi connectivity index (χ0v) is 13.9. The molecule has 2 saturated heterocycles. The van der Waals surface area contributed by atoms with Gasteiger partial charge < -0.3 is 14.8 Å². The molecule has 0 aromatic heterocycles. The number of ether oxygens (including phenoxy) is 2. The molecule has 0 aliphatic carbocycles. The van der Waals surface area contributed by atoms with Crippen LogP contribution in [0.1, 0.15) is 27.7 Å². The summed E-state index contributed by atoms with van der Waals surface area (Å²) in [6.45, 7) is 16.8. The molecule has 2 fully saturated rings. The number of hydrogen-bond acceptors (Lipinski definition) is 6. The average Bonchev–Trinajstić information content (AvgIpc) is 2.42. The summed E-state index contributed by atoms with van der Waals surface area (Å²) < 4.78 is 9.98. The predicted molar refractivity (Wildman–Crippen MR) is 83.2 cm³/mol. The van der Waals surface area contributed by atoms with E-state index in [1.54, 1.807) is 0 Å². The number of morpholine rings is 1. The standard InChI is InChI=1S/C10H21N3O.C5H10O2/c1-10-8-14-7-6-13(10)9-12-4-2-11-3-5-12;1-5(2,3)7-4-6/h10-11H,2-9H2,1H3;4H,1-3H3. The second-order valence-electron chi connectivity index (χ2n) is 6.57. The molecule has 1 unspecified atom stereocenters. The molecule has 0 saturated carbocycles. The van der Waals surface area contributed by atoms with Gasteiger partial charge in [0.25, 0.3) is 6.47 Å². The molecule has 21 heavy (non-hydrogen) atoms. The Hall–Kier alpha value is -0.690. The van der Waals surface area contributed by atoms with E-state index in [0.717, 1.165) is 39.5 Å². The van der Waals surface area contributed by atoms with E-state index >= 15 is 0 Å². The van der Waals surface area contributed by atoms with Crippen molar-refractivity contribution in [3.63, 3.8) is 0 Å². The molecular weight excluding hydrogens is 270 g/mol. The summed E-state index contributed by atoms with van der Waals surface area (Å²) in [6, 6.07) is 0.582. The summed E-state index contributed by atoms with van der Waals surface area (Å²) >= 11 is 0. The van der Waals surface area contributed by atoms with Gasteiger partial charge >= 0.3 is 0 Å². The van der Waals surface area contributed by atoms with E-state index in [-0.39, 0.29) is 5.60 Å². The van der Waals surface area contributed by atoms with Crippen LogP contribution in [0.3, 0.4) is 0 Å². The average molecular weight is 301 g/mol. The first kappa shape index (κ1) is 18.4. The van der Waals surface area contributed by atoms with Crippen molar-refractivity contribution in [1.82, 2.24) is 15.1 Å². The van der Waals surface area contributed by atoms with Crippen LogP contribution in [0.2, 0.25) is 0 Å². The van der Waals surface area contributed by atoms with Crippen molar-refractivity contribution in [2.45, 2.75) is 39.3 Å². The molecule has 0 spiro atoms. The summed E-state index contributed by atoms with van der Waals surface area (Å²) in [5.41, 5.74) is -0.318. The molecule has 0 bridgehead atoms. The minimum Gasteiger partial charge on any atom is -0.462 e. The summed E-state index contributed by atoms with van der Waals surface area (Å²) in [7, 11) is 0. The summed E-state index contributed by atoms with van der Waals surface area (Å²) in [5.74, 6) is 0. The Morgan fingerprint density at radius 3 is 2.43 bits per heavy atom. The van der Waals surface area contributed by atoms with Crippen molar-refractivity contribution in [2.75, 3.05) is 52.6 Å². The van der Waals surface area contributed by atoms with Gasteiger partial charge in [0.1, 0.15) is 5.60 Å². The molecule has 0 radical (unpaired) electrons. The van der Waals surface area contributed by atoms with Gasteiger partial charge in [-0.1, -0.05) is 0 Å². The van der Waals surface area contributed by atoms with E-state index in [2.05, 4.69) is 26.8 Å². The predicted octanol–water partition coefficient (Wildman–Crippen LogP) is 0.528. The fourth-order valence-electron chi connectivity index (χ4n) is 2.23. The zero-order chi connectivity index (χ0) is 15.7. The Balaban J connectivity index is 0.000000270. The van der Waals surface area contributed by atoms with E-state index in [4.69, 9.17) is 4.74 Å². The second-order valence-corrected chi connectivity index (χ2v) is 6.57. The van der Waals surface area contributed by atoms with Gasteiger partial charge in [-0.05, 0) is 27.7 Å². The van der Waals surface area contributed by atoms with E-state index in [1.165, 1.54) is 13.1 Å². The van der Waals surface area contributed by atoms with Crippen molar-refractivity contribution in [2.24, 2.45) is 0 Å². The highest BCUT2D eigenvalue weighted by atomic mass is 16.5. The zero-order valence-electron chi connectivity index (χ0n) is 13.9. The van der Waals surface area contributed by atoms with Crippen LogP contribution in [0.5, 0.6) is 0 Å². The third kappa shape index (κ3) is 8.36. The molecule has 124 valence electrons. The molecule has 6 heteroatoms. The van der Waals surface area contributed by atoms with Crippen molar-refractivity contribution in [3.05, 3.63) is 0 Å². The largest absolute Gasteiger partial charge is 0.462 e. The van der Waals surface area contributed by atoms with E-state index < -0.39 is 0 Å². The number of hydrogen-bond donors (Lipinski definition) is 1. The number of piperazine rings is 1. The maximum atomic E-state index is 9.60. The molecule has 6 nitrogen and oxygen atoms in total. The number of nitrogens with one attached hydrogen (secondary N) is 1. The highest BCUT2D eigenvalue weighted by Crippen LogP contribution is 2.07. The van der Waals surface area contributed by atoms with Crippen molar-refractivity contribution < 1.29 is 14.3 Å². The smallest absolute Gasteiger partial charge is 0.293 e. The van der Waals surface area contributed by atoms with Crippen LogP contribution >= 0.6 is 0 Å². The van der Waals surface area contributed by atoms with Crippen molar-refractivity contribution >= 4 is 6.47 Å². The first-order valence-corrected chi connectivity index (χ1v) is 7.78. The molecule has 0 aromatic rings.